The van der Waals surface area contributed by atoms with Crippen molar-refractivity contribution in [1.82, 2.24) is 0 Å². The normalized spacial score (nSPS) is 17.3. The highest BCUT2D eigenvalue weighted by atomic mass is 19.4. The summed E-state index contributed by atoms with van der Waals surface area (Å²) >= 11 is 0. The van der Waals surface area contributed by atoms with Crippen LogP contribution in [0, 0.1) is 35.5 Å². The molecule has 0 rings (SSSR count). The Morgan fingerprint density at radius 2 is 0.429 bits per heavy atom. The van der Waals surface area contributed by atoms with Crippen LogP contribution in [0.3, 0.4) is 0 Å². The van der Waals surface area contributed by atoms with Gasteiger partial charge in [-0.3, -0.25) is 0 Å². The minimum atomic E-state index is -4.78. The molecule has 0 radical (unpaired) electrons. The first-order valence-electron chi connectivity index (χ1n) is 12.9. The second-order valence-corrected chi connectivity index (χ2v) is 10.5. The predicted octanol–water partition coefficient (Wildman–Crippen LogP) is 14.5. The maximum Gasteiger partial charge on any atom is 0.392 e. The van der Waals surface area contributed by atoms with E-state index in [1.807, 2.05) is 0 Å². The molecule has 0 amide bonds. The third-order valence-corrected chi connectivity index (χ3v) is 6.40. The van der Waals surface area contributed by atoms with Crippen LogP contribution >= 0.6 is 0 Å². The molecule has 49 heavy (non-hydrogen) atoms. The molecule has 6 unspecified atom stereocenters. The van der Waals surface area contributed by atoms with E-state index in [2.05, 4.69) is 0 Å². The summed E-state index contributed by atoms with van der Waals surface area (Å²) < 4.78 is 279. The lowest BCUT2D eigenvalue weighted by Crippen LogP contribution is -2.35. The summed E-state index contributed by atoms with van der Waals surface area (Å²) in [5.74, 6) is -13.2. The molecule has 304 valence electrons. The molecule has 0 aromatic heterocycles. The predicted molar refractivity (Wildman–Crippen MR) is 129 cm³/mol. The van der Waals surface area contributed by atoms with Gasteiger partial charge in [-0.15, -0.1) is 0 Å². The fraction of sp³-hybridized carbons (Fsp3) is 1.00. The van der Waals surface area contributed by atoms with Crippen LogP contribution in [-0.2, 0) is 0 Å². The second-order valence-electron chi connectivity index (χ2n) is 10.5. The Hall–Kier alpha value is -1.68. The molecule has 0 aromatic rings. The van der Waals surface area contributed by atoms with Crippen molar-refractivity contribution in [3.05, 3.63) is 0 Å². The SMILES string of the molecule is C.CC(C(C)C(F)(F)F)C(F)(F)F.CC(C(C)C(F)(F)F)C(F)(F)F.CC(CCC(F)(F)F)C(F)(F)F.CC(CCC(F)(F)F)C(F)(F)F. The van der Waals surface area contributed by atoms with Gasteiger partial charge in [0, 0.05) is 12.8 Å². The number of hydrogen-bond donors (Lipinski definition) is 0. The van der Waals surface area contributed by atoms with Crippen LogP contribution in [0.5, 0.6) is 0 Å². The van der Waals surface area contributed by atoms with Crippen molar-refractivity contribution in [2.75, 3.05) is 0 Å². The molecule has 6 atom stereocenters. The van der Waals surface area contributed by atoms with E-state index in [0.717, 1.165) is 13.8 Å². The van der Waals surface area contributed by atoms with Crippen molar-refractivity contribution in [3.8, 4) is 0 Å². The molecule has 0 fully saturated rings. The van der Waals surface area contributed by atoms with Gasteiger partial charge in [-0.1, -0.05) is 49.0 Å². The summed E-state index contributed by atoms with van der Waals surface area (Å²) in [7, 11) is 0. The van der Waals surface area contributed by atoms with E-state index in [9.17, 15) is 105 Å². The molecular formula is C25H36F24. The van der Waals surface area contributed by atoms with Gasteiger partial charge >= 0.3 is 49.4 Å². The summed E-state index contributed by atoms with van der Waals surface area (Å²) in [5.41, 5.74) is 0. The first-order valence-corrected chi connectivity index (χ1v) is 12.9. The average molecular weight is 793 g/mol. The number of rotatable bonds is 6. The molecule has 0 spiro atoms. The summed E-state index contributed by atoms with van der Waals surface area (Å²) in [6.07, 6.45) is -41.7. The van der Waals surface area contributed by atoms with Crippen molar-refractivity contribution >= 4 is 0 Å². The first-order chi connectivity index (χ1) is 20.4. The van der Waals surface area contributed by atoms with Gasteiger partial charge in [0.05, 0.1) is 35.5 Å². The molecule has 0 N–H and O–H groups in total. The molecule has 0 aliphatic carbocycles. The van der Waals surface area contributed by atoms with Crippen molar-refractivity contribution in [3.63, 3.8) is 0 Å². The lowest BCUT2D eigenvalue weighted by Gasteiger charge is -2.24. The quantitative estimate of drug-likeness (QED) is 0.235. The monoisotopic (exact) mass is 792 g/mol. The lowest BCUT2D eigenvalue weighted by molar-refractivity contribution is -0.245. The highest BCUT2D eigenvalue weighted by molar-refractivity contribution is 4.75. The van der Waals surface area contributed by atoms with Crippen molar-refractivity contribution in [2.45, 2.75) is 124 Å². The van der Waals surface area contributed by atoms with Gasteiger partial charge < -0.3 is 0 Å². The van der Waals surface area contributed by atoms with Gasteiger partial charge in [0.1, 0.15) is 0 Å². The molecule has 24 heteroatoms. The molecule has 0 saturated heterocycles. The molecule has 0 heterocycles. The molecule has 0 aliphatic heterocycles. The molecule has 0 aliphatic rings. The Morgan fingerprint density at radius 3 is 0.510 bits per heavy atom. The van der Waals surface area contributed by atoms with Crippen molar-refractivity contribution < 1.29 is 105 Å². The van der Waals surface area contributed by atoms with Gasteiger partial charge in [-0.05, 0) is 12.8 Å². The minimum absolute atomic E-state index is 0. The minimum Gasteiger partial charge on any atom is -0.171 e. The smallest absolute Gasteiger partial charge is 0.171 e. The third kappa shape index (κ3) is 30.8. The Bertz CT molecular complexity index is 725. The van der Waals surface area contributed by atoms with E-state index in [-0.39, 0.29) is 7.43 Å². The number of halogens is 24. The summed E-state index contributed by atoms with van der Waals surface area (Å²) in [6.45, 7) is 3.59. The summed E-state index contributed by atoms with van der Waals surface area (Å²) in [4.78, 5) is 0. The van der Waals surface area contributed by atoms with Crippen LogP contribution in [-0.4, -0.2) is 49.4 Å². The topological polar surface area (TPSA) is 0 Å². The Kier molecular flexibility index (Phi) is 23.6. The van der Waals surface area contributed by atoms with E-state index >= 15 is 0 Å². The maximum absolute atomic E-state index is 11.7. The van der Waals surface area contributed by atoms with Crippen LogP contribution in [0.4, 0.5) is 105 Å². The average Bonchev–Trinajstić information content (AvgIpc) is 2.80. The van der Waals surface area contributed by atoms with E-state index in [1.165, 1.54) is 0 Å². The zero-order chi connectivity index (χ0) is 40.3. The standard InChI is InChI=1S/4C6H8F6.CH4/c2*1-4(6(10,11)12)2-3-5(7,8)9;2*1-3(5(7,8)9)4(2)6(10,11)12;/h2*4H,2-3H2,1H3;2*3-4H,1-2H3;1H4. The van der Waals surface area contributed by atoms with Crippen molar-refractivity contribution in [1.29, 1.82) is 0 Å². The fourth-order valence-corrected chi connectivity index (χ4v) is 2.22. The highest BCUT2D eigenvalue weighted by Gasteiger charge is 2.51. The Balaban J connectivity index is -0.000000174. The Morgan fingerprint density at radius 1 is 0.286 bits per heavy atom. The molecule has 0 aromatic carbocycles. The van der Waals surface area contributed by atoms with Crippen LogP contribution < -0.4 is 0 Å². The van der Waals surface area contributed by atoms with Crippen LogP contribution in [0.1, 0.15) is 74.7 Å². The number of alkyl halides is 24. The Labute approximate surface area is 265 Å². The largest absolute Gasteiger partial charge is 0.392 e. The van der Waals surface area contributed by atoms with Gasteiger partial charge in [0.2, 0.25) is 0 Å². The van der Waals surface area contributed by atoms with Crippen molar-refractivity contribution in [2.24, 2.45) is 35.5 Å². The van der Waals surface area contributed by atoms with E-state index in [1.54, 1.807) is 0 Å². The molecule has 0 saturated carbocycles. The van der Waals surface area contributed by atoms with Crippen LogP contribution in [0.15, 0.2) is 0 Å². The first kappa shape index (κ1) is 56.7. The molecule has 0 nitrogen and oxygen atoms in total. The van der Waals surface area contributed by atoms with Gasteiger partial charge in [0.15, 0.2) is 0 Å². The fourth-order valence-electron chi connectivity index (χ4n) is 2.22. The highest BCUT2D eigenvalue weighted by Crippen LogP contribution is 2.41. The third-order valence-electron chi connectivity index (χ3n) is 6.40. The van der Waals surface area contributed by atoms with Gasteiger partial charge in [0.25, 0.3) is 0 Å². The van der Waals surface area contributed by atoms with Crippen LogP contribution in [0.2, 0.25) is 0 Å². The van der Waals surface area contributed by atoms with E-state index in [0.29, 0.717) is 27.7 Å². The van der Waals surface area contributed by atoms with Gasteiger partial charge in [-0.25, -0.2) is 0 Å². The number of hydrogen-bond acceptors (Lipinski definition) is 0. The summed E-state index contributed by atoms with van der Waals surface area (Å²) in [6, 6.07) is 0. The van der Waals surface area contributed by atoms with Crippen LogP contribution in [0.25, 0.3) is 0 Å². The maximum atomic E-state index is 11.7. The zero-order valence-electron chi connectivity index (χ0n) is 25.4. The molecule has 0 bridgehead atoms. The summed E-state index contributed by atoms with van der Waals surface area (Å²) in [5, 5.41) is 0. The second kappa shape index (κ2) is 20.4. The zero-order valence-corrected chi connectivity index (χ0v) is 25.4. The van der Waals surface area contributed by atoms with E-state index in [4.69, 9.17) is 0 Å². The van der Waals surface area contributed by atoms with Gasteiger partial charge in [-0.2, -0.15) is 105 Å². The lowest BCUT2D eigenvalue weighted by atomic mass is 9.95. The van der Waals surface area contributed by atoms with E-state index < -0.39 is 111 Å². The molecular weight excluding hydrogens is 756 g/mol.